The Bertz CT molecular complexity index is 767. The lowest BCUT2D eigenvalue weighted by Gasteiger charge is -2.09. The number of aryl methyl sites for hydroxylation is 1. The Morgan fingerprint density at radius 1 is 1.05 bits per heavy atom. The molecule has 0 aliphatic carbocycles. The van der Waals surface area contributed by atoms with Gasteiger partial charge in [-0.3, -0.25) is 5.32 Å². The molecule has 110 valence electrons. The number of hydrogen-bond donors (Lipinski definition) is 1. The van der Waals surface area contributed by atoms with E-state index >= 15 is 0 Å². The SMILES string of the molecule is Cc1cc(NC(=O)Oc2ccccc2)n(-c2ccccc2)n1. The average Bonchev–Trinajstić information content (AvgIpc) is 2.89. The first-order chi connectivity index (χ1) is 10.7. The fourth-order valence-corrected chi connectivity index (χ4v) is 2.08. The summed E-state index contributed by atoms with van der Waals surface area (Å²) in [5.74, 6) is 1.05. The van der Waals surface area contributed by atoms with Gasteiger partial charge in [0.05, 0.1) is 11.4 Å². The molecule has 0 aliphatic heterocycles. The van der Waals surface area contributed by atoms with Crippen LogP contribution < -0.4 is 10.1 Å². The number of nitrogens with zero attached hydrogens (tertiary/aromatic N) is 2. The summed E-state index contributed by atoms with van der Waals surface area (Å²) >= 11 is 0. The Balaban J connectivity index is 1.79. The van der Waals surface area contributed by atoms with E-state index in [2.05, 4.69) is 10.4 Å². The van der Waals surface area contributed by atoms with E-state index in [9.17, 15) is 4.79 Å². The summed E-state index contributed by atoms with van der Waals surface area (Å²) in [4.78, 5) is 12.0. The first-order valence-electron chi connectivity index (χ1n) is 6.88. The zero-order valence-electron chi connectivity index (χ0n) is 12.1. The maximum atomic E-state index is 12.0. The number of amides is 1. The maximum Gasteiger partial charge on any atom is 0.418 e. The van der Waals surface area contributed by atoms with Gasteiger partial charge in [-0.05, 0) is 31.2 Å². The molecule has 1 heterocycles. The van der Waals surface area contributed by atoms with Crippen LogP contribution in [0.5, 0.6) is 5.75 Å². The molecule has 0 spiro atoms. The third-order valence-electron chi connectivity index (χ3n) is 3.02. The predicted octanol–water partition coefficient (Wildman–Crippen LogP) is 3.79. The third-order valence-corrected chi connectivity index (χ3v) is 3.02. The van der Waals surface area contributed by atoms with E-state index < -0.39 is 6.09 Å². The van der Waals surface area contributed by atoms with Gasteiger partial charge in [0.15, 0.2) is 0 Å². The highest BCUT2D eigenvalue weighted by Gasteiger charge is 2.12. The molecule has 1 N–H and O–H groups in total. The van der Waals surface area contributed by atoms with E-state index in [4.69, 9.17) is 4.74 Å². The predicted molar refractivity (Wildman–Crippen MR) is 84.4 cm³/mol. The van der Waals surface area contributed by atoms with Crippen molar-refractivity contribution in [1.29, 1.82) is 0 Å². The van der Waals surface area contributed by atoms with E-state index in [0.29, 0.717) is 11.6 Å². The van der Waals surface area contributed by atoms with Gasteiger partial charge >= 0.3 is 6.09 Å². The van der Waals surface area contributed by atoms with Gasteiger partial charge in [0.2, 0.25) is 0 Å². The summed E-state index contributed by atoms with van der Waals surface area (Å²) in [5.41, 5.74) is 1.67. The minimum absolute atomic E-state index is 0.488. The van der Waals surface area contributed by atoms with Crippen LogP contribution in [0.4, 0.5) is 10.6 Å². The van der Waals surface area contributed by atoms with Gasteiger partial charge < -0.3 is 4.74 Å². The van der Waals surface area contributed by atoms with Gasteiger partial charge in [0.1, 0.15) is 11.6 Å². The molecule has 2 aromatic carbocycles. The van der Waals surface area contributed by atoms with Crippen molar-refractivity contribution < 1.29 is 9.53 Å². The third kappa shape index (κ3) is 3.15. The molecule has 0 fully saturated rings. The molecule has 0 radical (unpaired) electrons. The fourth-order valence-electron chi connectivity index (χ4n) is 2.08. The monoisotopic (exact) mass is 293 g/mol. The van der Waals surface area contributed by atoms with Gasteiger partial charge in [-0.1, -0.05) is 36.4 Å². The highest BCUT2D eigenvalue weighted by Crippen LogP contribution is 2.17. The summed E-state index contributed by atoms with van der Waals surface area (Å²) < 4.78 is 6.90. The molecule has 5 nitrogen and oxygen atoms in total. The van der Waals surface area contributed by atoms with Crippen LogP contribution >= 0.6 is 0 Å². The minimum Gasteiger partial charge on any atom is -0.410 e. The lowest BCUT2D eigenvalue weighted by atomic mass is 10.3. The Labute approximate surface area is 128 Å². The van der Waals surface area contributed by atoms with E-state index in [1.807, 2.05) is 43.3 Å². The van der Waals surface area contributed by atoms with E-state index in [1.165, 1.54) is 0 Å². The highest BCUT2D eigenvalue weighted by atomic mass is 16.6. The van der Waals surface area contributed by atoms with Crippen LogP contribution in [0.1, 0.15) is 5.69 Å². The standard InChI is InChI=1S/C17H15N3O2/c1-13-12-16(20(19-13)14-8-4-2-5-9-14)18-17(21)22-15-10-6-3-7-11-15/h2-12H,1H3,(H,18,21). The van der Waals surface area contributed by atoms with Gasteiger partial charge in [-0.15, -0.1) is 0 Å². The normalized spacial score (nSPS) is 10.2. The average molecular weight is 293 g/mol. The van der Waals surface area contributed by atoms with Crippen LogP contribution in [0.15, 0.2) is 66.7 Å². The van der Waals surface area contributed by atoms with Crippen molar-refractivity contribution in [3.8, 4) is 11.4 Å². The Morgan fingerprint density at radius 2 is 1.68 bits per heavy atom. The van der Waals surface area contributed by atoms with Crippen molar-refractivity contribution in [2.75, 3.05) is 5.32 Å². The number of carbonyl (C=O) groups is 1. The highest BCUT2D eigenvalue weighted by molar-refractivity contribution is 5.85. The van der Waals surface area contributed by atoms with E-state index in [0.717, 1.165) is 11.4 Å². The molecule has 1 aromatic heterocycles. The smallest absolute Gasteiger partial charge is 0.410 e. The Morgan fingerprint density at radius 3 is 2.36 bits per heavy atom. The van der Waals surface area contributed by atoms with Crippen LogP contribution in [0.3, 0.4) is 0 Å². The Hall–Kier alpha value is -3.08. The van der Waals surface area contributed by atoms with E-state index in [1.54, 1.807) is 35.0 Å². The number of rotatable bonds is 3. The van der Waals surface area contributed by atoms with Crippen molar-refractivity contribution >= 4 is 11.9 Å². The quantitative estimate of drug-likeness (QED) is 0.799. The molecule has 5 heteroatoms. The van der Waals surface area contributed by atoms with Crippen LogP contribution in [0, 0.1) is 6.92 Å². The molecule has 3 aromatic rings. The molecule has 0 bridgehead atoms. The molecular weight excluding hydrogens is 278 g/mol. The van der Waals surface area contributed by atoms with Crippen molar-refractivity contribution in [1.82, 2.24) is 9.78 Å². The number of carbonyl (C=O) groups excluding carboxylic acids is 1. The first kappa shape index (κ1) is 13.9. The molecule has 0 atom stereocenters. The second-order valence-corrected chi connectivity index (χ2v) is 4.75. The lowest BCUT2D eigenvalue weighted by molar-refractivity contribution is 0.215. The summed E-state index contributed by atoms with van der Waals surface area (Å²) in [5, 5.41) is 7.10. The number of aromatic nitrogens is 2. The minimum atomic E-state index is -0.553. The summed E-state index contributed by atoms with van der Waals surface area (Å²) in [7, 11) is 0. The molecule has 0 saturated heterocycles. The van der Waals surface area contributed by atoms with Crippen molar-refractivity contribution in [3.05, 3.63) is 72.4 Å². The number of anilines is 1. The van der Waals surface area contributed by atoms with Crippen LogP contribution in [0.2, 0.25) is 0 Å². The number of para-hydroxylation sites is 2. The number of benzene rings is 2. The lowest BCUT2D eigenvalue weighted by Crippen LogP contribution is -2.19. The second-order valence-electron chi connectivity index (χ2n) is 4.75. The van der Waals surface area contributed by atoms with Crippen molar-refractivity contribution in [2.45, 2.75) is 6.92 Å². The maximum absolute atomic E-state index is 12.0. The topological polar surface area (TPSA) is 56.1 Å². The molecule has 22 heavy (non-hydrogen) atoms. The second kappa shape index (κ2) is 6.13. The van der Waals surface area contributed by atoms with Gasteiger partial charge in [-0.2, -0.15) is 5.10 Å². The summed E-state index contributed by atoms with van der Waals surface area (Å²) in [6.07, 6.45) is -0.553. The van der Waals surface area contributed by atoms with Crippen molar-refractivity contribution in [2.24, 2.45) is 0 Å². The summed E-state index contributed by atoms with van der Waals surface area (Å²) in [6, 6.07) is 20.3. The Kier molecular flexibility index (Phi) is 3.87. The molecule has 3 rings (SSSR count). The zero-order valence-corrected chi connectivity index (χ0v) is 12.1. The molecule has 1 amide bonds. The zero-order chi connectivity index (χ0) is 15.4. The number of nitrogens with one attached hydrogen (secondary N) is 1. The van der Waals surface area contributed by atoms with Gasteiger partial charge in [0, 0.05) is 6.07 Å². The molecule has 0 aliphatic rings. The number of ether oxygens (including phenoxy) is 1. The largest absolute Gasteiger partial charge is 0.418 e. The van der Waals surface area contributed by atoms with Gasteiger partial charge in [-0.25, -0.2) is 9.48 Å². The van der Waals surface area contributed by atoms with E-state index in [-0.39, 0.29) is 0 Å². The van der Waals surface area contributed by atoms with Crippen LogP contribution in [-0.4, -0.2) is 15.9 Å². The number of hydrogen-bond acceptors (Lipinski definition) is 3. The van der Waals surface area contributed by atoms with Crippen LogP contribution in [-0.2, 0) is 0 Å². The summed E-state index contributed by atoms with van der Waals surface area (Å²) in [6.45, 7) is 1.87. The first-order valence-corrected chi connectivity index (χ1v) is 6.88. The molecule has 0 unspecified atom stereocenters. The molecule has 0 saturated carbocycles. The van der Waals surface area contributed by atoms with Crippen molar-refractivity contribution in [3.63, 3.8) is 0 Å². The van der Waals surface area contributed by atoms with Crippen LogP contribution in [0.25, 0.3) is 5.69 Å². The molecular formula is C17H15N3O2. The fraction of sp³-hybridized carbons (Fsp3) is 0.0588. The van der Waals surface area contributed by atoms with Gasteiger partial charge in [0.25, 0.3) is 0 Å².